The van der Waals surface area contributed by atoms with Gasteiger partial charge in [0.15, 0.2) is 0 Å². The second-order valence-electron chi connectivity index (χ2n) is 9.35. The lowest BCUT2D eigenvalue weighted by Crippen LogP contribution is -2.45. The Labute approximate surface area is 211 Å². The van der Waals surface area contributed by atoms with Crippen molar-refractivity contribution in [2.75, 3.05) is 0 Å². The molecule has 0 saturated carbocycles. The maximum Gasteiger partial charge on any atom is 0.240 e. The highest BCUT2D eigenvalue weighted by Gasteiger charge is 2.29. The molecule has 1 N–H and O–H groups in total. The van der Waals surface area contributed by atoms with Gasteiger partial charge in [-0.2, -0.15) is 5.26 Å². The third-order valence-corrected chi connectivity index (χ3v) is 6.90. The van der Waals surface area contributed by atoms with Gasteiger partial charge in [0.2, 0.25) is 5.91 Å². The summed E-state index contributed by atoms with van der Waals surface area (Å²) >= 11 is 0. The van der Waals surface area contributed by atoms with Crippen LogP contribution < -0.4 is 5.32 Å². The molecule has 1 unspecified atom stereocenters. The Balaban J connectivity index is 1.33. The van der Waals surface area contributed by atoms with Crippen molar-refractivity contribution in [2.24, 2.45) is 0 Å². The van der Waals surface area contributed by atoms with Crippen LogP contribution in [0.5, 0.6) is 0 Å². The number of rotatable bonds is 7. The fourth-order valence-electron chi connectivity index (χ4n) is 4.76. The minimum Gasteiger partial charge on any atom is -0.333 e. The van der Waals surface area contributed by atoms with Crippen molar-refractivity contribution in [1.82, 2.24) is 19.8 Å². The van der Waals surface area contributed by atoms with Gasteiger partial charge in [-0.15, -0.1) is 0 Å². The van der Waals surface area contributed by atoms with Crippen LogP contribution in [0.1, 0.15) is 39.1 Å². The third kappa shape index (κ3) is 5.22. The summed E-state index contributed by atoms with van der Waals surface area (Å²) in [5.41, 5.74) is 7.53. The number of hydrogen-bond donors (Lipinski definition) is 1. The highest BCUT2D eigenvalue weighted by atomic mass is 16.2. The summed E-state index contributed by atoms with van der Waals surface area (Å²) in [7, 11) is 0. The first-order chi connectivity index (χ1) is 17.6. The summed E-state index contributed by atoms with van der Waals surface area (Å²) in [6.07, 6.45) is 4.31. The number of carbonyl (C=O) groups excluding carboxylic acids is 1. The number of nitriles is 1. The molecule has 0 radical (unpaired) electrons. The van der Waals surface area contributed by atoms with E-state index in [1.165, 1.54) is 22.3 Å². The number of aryl methyl sites for hydroxylation is 1. The van der Waals surface area contributed by atoms with Gasteiger partial charge in [-0.1, -0.05) is 60.7 Å². The van der Waals surface area contributed by atoms with Crippen LogP contribution in [0.3, 0.4) is 0 Å². The number of hydrogen-bond acceptors (Lipinski definition) is 4. The molecule has 0 spiro atoms. The predicted molar refractivity (Wildman–Crippen MR) is 139 cm³/mol. The van der Waals surface area contributed by atoms with Crippen LogP contribution in [-0.4, -0.2) is 26.4 Å². The second kappa shape index (κ2) is 10.6. The number of nitrogens with one attached hydrogen (secondary N) is 1. The molecule has 0 fully saturated rings. The van der Waals surface area contributed by atoms with Crippen molar-refractivity contribution in [1.29, 1.82) is 5.26 Å². The van der Waals surface area contributed by atoms with E-state index in [-0.39, 0.29) is 11.9 Å². The minimum absolute atomic E-state index is 0.118. The highest BCUT2D eigenvalue weighted by Crippen LogP contribution is 2.23. The van der Waals surface area contributed by atoms with Crippen molar-refractivity contribution in [3.05, 3.63) is 124 Å². The molecule has 0 bridgehead atoms. The van der Waals surface area contributed by atoms with Gasteiger partial charge in [0.05, 0.1) is 29.7 Å². The summed E-state index contributed by atoms with van der Waals surface area (Å²) in [5.74, 6) is 0.118. The standard InChI is InChI=1S/C30H29N5O/c1-22-6-2-3-8-26(22)19-34-20-27-9-5-4-7-25(27)14-29(30(34)36)33-17-28-16-32-21-35(28)18-24-12-10-23(15-31)11-13-24/h2-13,16,21,29,33H,14,17-20H2,1H3. The molecule has 4 aromatic rings. The largest absolute Gasteiger partial charge is 0.333 e. The molecule has 1 amide bonds. The van der Waals surface area contributed by atoms with Gasteiger partial charge in [-0.05, 0) is 53.3 Å². The molecule has 6 nitrogen and oxygen atoms in total. The number of carbonyl (C=O) groups is 1. The molecule has 1 aromatic heterocycles. The Morgan fingerprint density at radius 2 is 1.75 bits per heavy atom. The topological polar surface area (TPSA) is 74.0 Å². The lowest BCUT2D eigenvalue weighted by Gasteiger charge is -2.26. The van der Waals surface area contributed by atoms with Crippen LogP contribution in [0.2, 0.25) is 0 Å². The number of amides is 1. The van der Waals surface area contributed by atoms with Crippen LogP contribution >= 0.6 is 0 Å². The molecule has 3 aromatic carbocycles. The van der Waals surface area contributed by atoms with Gasteiger partial charge < -0.3 is 9.47 Å². The Morgan fingerprint density at radius 3 is 2.53 bits per heavy atom. The van der Waals surface area contributed by atoms with Crippen molar-refractivity contribution in [3.8, 4) is 6.07 Å². The summed E-state index contributed by atoms with van der Waals surface area (Å²) < 4.78 is 2.08. The number of aromatic nitrogens is 2. The van der Waals surface area contributed by atoms with Crippen molar-refractivity contribution < 1.29 is 4.79 Å². The molecule has 6 heteroatoms. The van der Waals surface area contributed by atoms with Crippen LogP contribution in [-0.2, 0) is 37.4 Å². The summed E-state index contributed by atoms with van der Waals surface area (Å²) in [5, 5.41) is 12.6. The number of imidazole rings is 1. The van der Waals surface area contributed by atoms with Gasteiger partial charge in [0.25, 0.3) is 0 Å². The Morgan fingerprint density at radius 1 is 1.00 bits per heavy atom. The zero-order valence-corrected chi connectivity index (χ0v) is 20.4. The maximum atomic E-state index is 13.7. The zero-order chi connectivity index (χ0) is 24.9. The van der Waals surface area contributed by atoms with Gasteiger partial charge in [-0.25, -0.2) is 4.98 Å². The Bertz CT molecular complexity index is 1400. The molecule has 1 atom stereocenters. The molecule has 0 aliphatic carbocycles. The second-order valence-corrected chi connectivity index (χ2v) is 9.35. The smallest absolute Gasteiger partial charge is 0.240 e. The normalized spacial score (nSPS) is 15.3. The van der Waals surface area contributed by atoms with E-state index >= 15 is 0 Å². The number of nitrogens with zero attached hydrogens (tertiary/aromatic N) is 4. The number of benzene rings is 3. The Kier molecular flexibility index (Phi) is 6.92. The first kappa shape index (κ1) is 23.5. The van der Waals surface area contributed by atoms with Gasteiger partial charge in [0, 0.05) is 32.4 Å². The fourth-order valence-corrected chi connectivity index (χ4v) is 4.76. The molecule has 1 aliphatic heterocycles. The van der Waals surface area contributed by atoms with Crippen LogP contribution in [0.15, 0.2) is 85.3 Å². The van der Waals surface area contributed by atoms with Crippen LogP contribution in [0, 0.1) is 18.3 Å². The average molecular weight is 476 g/mol. The molecular weight excluding hydrogens is 446 g/mol. The van der Waals surface area contributed by atoms with Crippen LogP contribution in [0.4, 0.5) is 0 Å². The molecule has 36 heavy (non-hydrogen) atoms. The molecule has 1 aliphatic rings. The van der Waals surface area contributed by atoms with E-state index in [0.29, 0.717) is 38.2 Å². The molecule has 2 heterocycles. The lowest BCUT2D eigenvalue weighted by molar-refractivity contribution is -0.134. The summed E-state index contributed by atoms with van der Waals surface area (Å²) in [6, 6.07) is 26.0. The Hall–Kier alpha value is -4.21. The SMILES string of the molecule is Cc1ccccc1CN1Cc2ccccc2CC(NCc2cncn2Cc2ccc(C#N)cc2)C1=O. The van der Waals surface area contributed by atoms with Gasteiger partial charge in [0.1, 0.15) is 0 Å². The van der Waals surface area contributed by atoms with Gasteiger partial charge in [-0.3, -0.25) is 10.1 Å². The van der Waals surface area contributed by atoms with E-state index in [9.17, 15) is 4.79 Å². The third-order valence-electron chi connectivity index (χ3n) is 6.90. The average Bonchev–Trinajstić information content (AvgIpc) is 3.29. The van der Waals surface area contributed by atoms with E-state index < -0.39 is 0 Å². The molecule has 5 rings (SSSR count). The first-order valence-corrected chi connectivity index (χ1v) is 12.2. The van der Waals surface area contributed by atoms with E-state index in [0.717, 1.165) is 11.3 Å². The molecular formula is C30H29N5O. The summed E-state index contributed by atoms with van der Waals surface area (Å²) in [4.78, 5) is 20.1. The minimum atomic E-state index is -0.323. The zero-order valence-electron chi connectivity index (χ0n) is 20.4. The molecule has 180 valence electrons. The first-order valence-electron chi connectivity index (χ1n) is 12.2. The quantitative estimate of drug-likeness (QED) is 0.431. The lowest BCUT2D eigenvalue weighted by atomic mass is 10.0. The van der Waals surface area contributed by atoms with Crippen molar-refractivity contribution >= 4 is 5.91 Å². The number of fused-ring (bicyclic) bond motifs is 1. The highest BCUT2D eigenvalue weighted by molar-refractivity contribution is 5.83. The van der Waals surface area contributed by atoms with E-state index in [2.05, 4.69) is 52.1 Å². The summed E-state index contributed by atoms with van der Waals surface area (Å²) in [6.45, 7) is 4.49. The van der Waals surface area contributed by atoms with Gasteiger partial charge >= 0.3 is 0 Å². The monoisotopic (exact) mass is 475 g/mol. The van der Waals surface area contributed by atoms with E-state index in [1.807, 2.05) is 66.0 Å². The van der Waals surface area contributed by atoms with Crippen LogP contribution in [0.25, 0.3) is 0 Å². The predicted octanol–water partition coefficient (Wildman–Crippen LogP) is 4.35. The fraction of sp³-hybridized carbons (Fsp3) is 0.233. The molecule has 0 saturated heterocycles. The maximum absolute atomic E-state index is 13.7. The van der Waals surface area contributed by atoms with E-state index in [4.69, 9.17) is 5.26 Å². The van der Waals surface area contributed by atoms with Crippen molar-refractivity contribution in [3.63, 3.8) is 0 Å². The van der Waals surface area contributed by atoms with Crippen molar-refractivity contribution in [2.45, 2.75) is 45.6 Å². The van der Waals surface area contributed by atoms with E-state index in [1.54, 1.807) is 0 Å².